The number of nitrogens with zero attached hydrogens (tertiary/aromatic N) is 1. The molecule has 0 aromatic carbocycles. The van der Waals surface area contributed by atoms with Gasteiger partial charge in [0, 0.05) is 6.54 Å². The molecule has 0 bridgehead atoms. The average Bonchev–Trinajstić information content (AvgIpc) is 2.53. The zero-order chi connectivity index (χ0) is 13.7. The number of imide groups is 1. The van der Waals surface area contributed by atoms with Crippen LogP contribution in [0, 0.1) is 5.92 Å². The van der Waals surface area contributed by atoms with E-state index in [0.717, 1.165) is 4.90 Å². The maximum absolute atomic E-state index is 11.9. The first kappa shape index (κ1) is 14.2. The van der Waals surface area contributed by atoms with E-state index in [0.29, 0.717) is 18.9 Å². The number of amides is 4. The molecule has 18 heavy (non-hydrogen) atoms. The molecule has 1 unspecified atom stereocenters. The largest absolute Gasteiger partial charge is 0.351 e. The summed E-state index contributed by atoms with van der Waals surface area (Å²) in [6.45, 7) is 7.48. The van der Waals surface area contributed by atoms with Crippen LogP contribution in [-0.4, -0.2) is 41.9 Å². The van der Waals surface area contributed by atoms with Crippen molar-refractivity contribution in [2.75, 3.05) is 13.1 Å². The highest BCUT2D eigenvalue weighted by atomic mass is 16.2. The van der Waals surface area contributed by atoms with E-state index >= 15 is 0 Å². The lowest BCUT2D eigenvalue weighted by atomic mass is 10.0. The fourth-order valence-corrected chi connectivity index (χ4v) is 1.74. The number of hydrogen-bond donors (Lipinski definition) is 2. The average molecular weight is 253 g/mol. The SMILES string of the molecule is C=CCNC(=O)CN1C(=O)NC(CC(C)C)C1=O. The van der Waals surface area contributed by atoms with Crippen LogP contribution in [0.5, 0.6) is 0 Å². The number of nitrogens with one attached hydrogen (secondary N) is 2. The number of rotatable bonds is 6. The topological polar surface area (TPSA) is 78.5 Å². The minimum atomic E-state index is -0.510. The van der Waals surface area contributed by atoms with Gasteiger partial charge >= 0.3 is 6.03 Å². The van der Waals surface area contributed by atoms with Gasteiger partial charge in [-0.1, -0.05) is 19.9 Å². The third kappa shape index (κ3) is 3.58. The summed E-state index contributed by atoms with van der Waals surface area (Å²) in [6, 6.07) is -1.01. The second-order valence-electron chi connectivity index (χ2n) is 4.65. The van der Waals surface area contributed by atoms with Crippen LogP contribution in [0.4, 0.5) is 4.79 Å². The summed E-state index contributed by atoms with van der Waals surface area (Å²) in [4.78, 5) is 35.9. The van der Waals surface area contributed by atoms with E-state index in [4.69, 9.17) is 0 Å². The maximum Gasteiger partial charge on any atom is 0.325 e. The van der Waals surface area contributed by atoms with E-state index in [1.807, 2.05) is 13.8 Å². The lowest BCUT2D eigenvalue weighted by Gasteiger charge is -2.13. The van der Waals surface area contributed by atoms with Crippen LogP contribution in [0.2, 0.25) is 0 Å². The molecule has 1 rings (SSSR count). The second kappa shape index (κ2) is 6.18. The van der Waals surface area contributed by atoms with Gasteiger partial charge in [-0.2, -0.15) is 0 Å². The van der Waals surface area contributed by atoms with Crippen molar-refractivity contribution in [3.8, 4) is 0 Å². The standard InChI is InChI=1S/C12H19N3O3/c1-4-5-13-10(16)7-15-11(17)9(6-8(2)3)14-12(15)18/h4,8-9H,1,5-7H2,2-3H3,(H,13,16)(H,14,18). The summed E-state index contributed by atoms with van der Waals surface area (Å²) in [6.07, 6.45) is 2.11. The van der Waals surface area contributed by atoms with Crippen molar-refractivity contribution in [2.45, 2.75) is 26.3 Å². The van der Waals surface area contributed by atoms with Gasteiger partial charge in [-0.05, 0) is 12.3 Å². The van der Waals surface area contributed by atoms with Crippen molar-refractivity contribution in [1.29, 1.82) is 0 Å². The Bertz CT molecular complexity index is 366. The molecule has 1 heterocycles. The van der Waals surface area contributed by atoms with Crippen molar-refractivity contribution < 1.29 is 14.4 Å². The van der Waals surface area contributed by atoms with Gasteiger partial charge in [0.2, 0.25) is 5.91 Å². The molecule has 0 aliphatic carbocycles. The van der Waals surface area contributed by atoms with Gasteiger partial charge in [-0.3, -0.25) is 14.5 Å². The number of urea groups is 1. The van der Waals surface area contributed by atoms with E-state index in [1.165, 1.54) is 6.08 Å². The molecule has 1 aliphatic heterocycles. The Labute approximate surface area is 106 Å². The highest BCUT2D eigenvalue weighted by Crippen LogP contribution is 2.13. The molecule has 6 nitrogen and oxygen atoms in total. The van der Waals surface area contributed by atoms with E-state index in [1.54, 1.807) is 0 Å². The Morgan fingerprint density at radius 2 is 2.22 bits per heavy atom. The predicted molar refractivity (Wildman–Crippen MR) is 66.7 cm³/mol. The van der Waals surface area contributed by atoms with Crippen LogP contribution >= 0.6 is 0 Å². The van der Waals surface area contributed by atoms with Gasteiger partial charge < -0.3 is 10.6 Å². The normalized spacial score (nSPS) is 19.1. The minimum Gasteiger partial charge on any atom is -0.351 e. The molecule has 0 aromatic rings. The number of carbonyl (C=O) groups is 3. The van der Waals surface area contributed by atoms with Gasteiger partial charge in [-0.15, -0.1) is 6.58 Å². The van der Waals surface area contributed by atoms with Crippen LogP contribution in [0.25, 0.3) is 0 Å². The van der Waals surface area contributed by atoms with Gasteiger partial charge in [0.25, 0.3) is 5.91 Å². The molecule has 4 amide bonds. The third-order valence-corrected chi connectivity index (χ3v) is 2.56. The van der Waals surface area contributed by atoms with Crippen molar-refractivity contribution in [2.24, 2.45) is 5.92 Å². The maximum atomic E-state index is 11.9. The van der Waals surface area contributed by atoms with Crippen molar-refractivity contribution >= 4 is 17.8 Å². The summed E-state index contributed by atoms with van der Waals surface area (Å²) in [5.41, 5.74) is 0. The van der Waals surface area contributed by atoms with E-state index in [9.17, 15) is 14.4 Å². The molecular weight excluding hydrogens is 234 g/mol. The summed E-state index contributed by atoms with van der Waals surface area (Å²) in [7, 11) is 0. The van der Waals surface area contributed by atoms with Gasteiger partial charge in [0.1, 0.15) is 12.6 Å². The van der Waals surface area contributed by atoms with Gasteiger partial charge in [0.15, 0.2) is 0 Å². The summed E-state index contributed by atoms with van der Waals surface area (Å²) in [5, 5.41) is 5.11. The molecule has 0 saturated carbocycles. The fraction of sp³-hybridized carbons (Fsp3) is 0.583. The molecule has 0 radical (unpaired) electrons. The molecule has 100 valence electrons. The Morgan fingerprint density at radius 3 is 2.78 bits per heavy atom. The Balaban J connectivity index is 2.56. The highest BCUT2D eigenvalue weighted by Gasteiger charge is 2.38. The first-order chi connectivity index (χ1) is 8.45. The Kier molecular flexibility index (Phi) is 4.88. The molecule has 1 fully saturated rings. The molecule has 2 N–H and O–H groups in total. The van der Waals surface area contributed by atoms with Crippen molar-refractivity contribution in [1.82, 2.24) is 15.5 Å². The lowest BCUT2D eigenvalue weighted by Crippen LogP contribution is -2.41. The summed E-state index contributed by atoms with van der Waals surface area (Å²) in [5.74, 6) is -0.403. The van der Waals surface area contributed by atoms with Crippen molar-refractivity contribution in [3.05, 3.63) is 12.7 Å². The smallest absolute Gasteiger partial charge is 0.325 e. The summed E-state index contributed by atoms with van der Waals surface area (Å²) >= 11 is 0. The Morgan fingerprint density at radius 1 is 1.56 bits per heavy atom. The van der Waals surface area contributed by atoms with Crippen LogP contribution in [0.3, 0.4) is 0 Å². The zero-order valence-corrected chi connectivity index (χ0v) is 10.7. The van der Waals surface area contributed by atoms with E-state index in [-0.39, 0.29) is 18.4 Å². The molecule has 0 spiro atoms. The molecule has 0 aromatic heterocycles. The highest BCUT2D eigenvalue weighted by molar-refractivity contribution is 6.06. The monoisotopic (exact) mass is 253 g/mol. The van der Waals surface area contributed by atoms with Crippen LogP contribution in [-0.2, 0) is 9.59 Å². The zero-order valence-electron chi connectivity index (χ0n) is 10.7. The molecule has 6 heteroatoms. The Hall–Kier alpha value is -1.85. The number of carbonyl (C=O) groups excluding carboxylic acids is 3. The minimum absolute atomic E-state index is 0.243. The second-order valence-corrected chi connectivity index (χ2v) is 4.65. The third-order valence-electron chi connectivity index (χ3n) is 2.56. The fourth-order valence-electron chi connectivity index (χ4n) is 1.74. The first-order valence-corrected chi connectivity index (χ1v) is 5.95. The van der Waals surface area contributed by atoms with Crippen LogP contribution < -0.4 is 10.6 Å². The molecule has 1 atom stereocenters. The molecule has 1 saturated heterocycles. The van der Waals surface area contributed by atoms with E-state index < -0.39 is 12.1 Å². The first-order valence-electron chi connectivity index (χ1n) is 5.95. The lowest BCUT2D eigenvalue weighted by molar-refractivity contribution is -0.132. The molecular formula is C12H19N3O3. The van der Waals surface area contributed by atoms with Gasteiger partial charge in [-0.25, -0.2) is 4.79 Å². The van der Waals surface area contributed by atoms with E-state index in [2.05, 4.69) is 17.2 Å². The van der Waals surface area contributed by atoms with Gasteiger partial charge in [0.05, 0.1) is 0 Å². The van der Waals surface area contributed by atoms with Crippen LogP contribution in [0.15, 0.2) is 12.7 Å². The molecule has 1 aliphatic rings. The summed E-state index contributed by atoms with van der Waals surface area (Å²) < 4.78 is 0. The predicted octanol–water partition coefficient (Wildman–Crippen LogP) is 0.255. The van der Waals surface area contributed by atoms with Crippen molar-refractivity contribution in [3.63, 3.8) is 0 Å². The quantitative estimate of drug-likeness (QED) is 0.526. The number of hydrogen-bond acceptors (Lipinski definition) is 3. The van der Waals surface area contributed by atoms with Crippen LogP contribution in [0.1, 0.15) is 20.3 Å².